The summed E-state index contributed by atoms with van der Waals surface area (Å²) in [5.41, 5.74) is 0. The van der Waals surface area contributed by atoms with Gasteiger partial charge in [0.1, 0.15) is 6.29 Å². The van der Waals surface area contributed by atoms with Crippen molar-refractivity contribution < 1.29 is 4.79 Å². The van der Waals surface area contributed by atoms with E-state index in [1.165, 1.54) is 38.5 Å². The molecule has 0 spiro atoms. The lowest BCUT2D eigenvalue weighted by atomic mass is 10.1. The fourth-order valence-electron chi connectivity index (χ4n) is 1.41. The molecule has 0 rings (SSSR count). The van der Waals surface area contributed by atoms with Crippen LogP contribution in [0.3, 0.4) is 0 Å². The number of carbonyl (C=O) groups is 1. The minimum Gasteiger partial charge on any atom is -0.299 e. The summed E-state index contributed by atoms with van der Waals surface area (Å²) >= 11 is 0. The Morgan fingerprint density at radius 3 is 2.00 bits per heavy atom. The Morgan fingerprint density at radius 2 is 1.43 bits per heavy atom. The first-order valence-corrected chi connectivity index (χ1v) is 5.63. The van der Waals surface area contributed by atoms with Crippen LogP contribution in [0.2, 0.25) is 0 Å². The van der Waals surface area contributed by atoms with Crippen LogP contribution in [0.4, 0.5) is 0 Å². The van der Waals surface area contributed by atoms with Crippen molar-refractivity contribution in [2.45, 2.75) is 51.4 Å². The average molecular weight is 194 g/mol. The summed E-state index contributed by atoms with van der Waals surface area (Å²) in [6.45, 7) is 3.70. The third-order valence-corrected chi connectivity index (χ3v) is 2.24. The van der Waals surface area contributed by atoms with Gasteiger partial charge < -0.3 is 0 Å². The highest BCUT2D eigenvalue weighted by molar-refractivity contribution is 5.64. The molecule has 0 unspecified atom stereocenters. The van der Waals surface area contributed by atoms with Gasteiger partial charge in [-0.15, -0.1) is 6.58 Å². The van der Waals surface area contributed by atoms with Crippen LogP contribution in [0.25, 0.3) is 0 Å². The van der Waals surface area contributed by atoms with E-state index in [9.17, 15) is 4.79 Å². The zero-order chi connectivity index (χ0) is 10.5. The van der Waals surface area contributed by atoms with E-state index in [1.54, 1.807) is 6.08 Å². The highest BCUT2D eigenvalue weighted by Gasteiger charge is 1.89. The molecule has 0 aliphatic carbocycles. The minimum absolute atomic E-state index is 0.843. The molecule has 0 amide bonds. The van der Waals surface area contributed by atoms with Crippen LogP contribution >= 0.6 is 0 Å². The smallest absolute Gasteiger partial charge is 0.142 e. The Bertz CT molecular complexity index is 159. The molecule has 0 atom stereocenters. The van der Waals surface area contributed by atoms with Crippen molar-refractivity contribution in [3.63, 3.8) is 0 Å². The summed E-state index contributed by atoms with van der Waals surface area (Å²) in [6, 6.07) is 0. The van der Waals surface area contributed by atoms with E-state index in [-0.39, 0.29) is 0 Å². The zero-order valence-electron chi connectivity index (χ0n) is 9.08. The molecule has 0 bridgehead atoms. The number of hydrogen-bond acceptors (Lipinski definition) is 1. The molecule has 0 aliphatic heterocycles. The van der Waals surface area contributed by atoms with Gasteiger partial charge in [-0.25, -0.2) is 0 Å². The van der Waals surface area contributed by atoms with Gasteiger partial charge in [0, 0.05) is 0 Å². The van der Waals surface area contributed by atoms with Gasteiger partial charge in [0.05, 0.1) is 0 Å². The maximum absolute atomic E-state index is 9.95. The van der Waals surface area contributed by atoms with Crippen molar-refractivity contribution in [3.05, 3.63) is 24.8 Å². The third kappa shape index (κ3) is 11.2. The monoisotopic (exact) mass is 194 g/mol. The van der Waals surface area contributed by atoms with Crippen molar-refractivity contribution >= 4 is 6.29 Å². The topological polar surface area (TPSA) is 17.1 Å². The minimum atomic E-state index is 0.843. The normalized spacial score (nSPS) is 10.6. The fourth-order valence-corrected chi connectivity index (χ4v) is 1.41. The Labute approximate surface area is 87.9 Å². The van der Waals surface area contributed by atoms with Crippen LogP contribution in [0.1, 0.15) is 51.4 Å². The van der Waals surface area contributed by atoms with Gasteiger partial charge in [0.15, 0.2) is 0 Å². The second-order valence-electron chi connectivity index (χ2n) is 3.55. The van der Waals surface area contributed by atoms with Gasteiger partial charge in [-0.3, -0.25) is 4.79 Å². The summed E-state index contributed by atoms with van der Waals surface area (Å²) in [5, 5.41) is 0. The van der Waals surface area contributed by atoms with Crippen LogP contribution in [0.5, 0.6) is 0 Å². The second-order valence-corrected chi connectivity index (χ2v) is 3.55. The Balaban J connectivity index is 2.95. The molecular formula is C13H22O. The number of unbranched alkanes of at least 4 members (excludes halogenated alkanes) is 7. The van der Waals surface area contributed by atoms with E-state index in [0.29, 0.717) is 0 Å². The standard InChI is InChI=1S/C13H22O/c1-2-3-4-5-6-7-8-9-10-11-12-13-14/h2,11-13H,1,3-10H2/b12-11+. The molecule has 80 valence electrons. The fraction of sp³-hybridized carbons (Fsp3) is 0.615. The quantitative estimate of drug-likeness (QED) is 0.222. The molecule has 1 nitrogen and oxygen atoms in total. The molecule has 0 radical (unpaired) electrons. The van der Waals surface area contributed by atoms with Gasteiger partial charge >= 0.3 is 0 Å². The first-order chi connectivity index (χ1) is 6.91. The summed E-state index contributed by atoms with van der Waals surface area (Å²) in [5.74, 6) is 0. The number of aldehydes is 1. The maximum Gasteiger partial charge on any atom is 0.142 e. The molecule has 0 fully saturated rings. The van der Waals surface area contributed by atoms with E-state index < -0.39 is 0 Å². The summed E-state index contributed by atoms with van der Waals surface area (Å²) in [6.07, 6.45) is 16.4. The Kier molecular flexibility index (Phi) is 11.4. The van der Waals surface area contributed by atoms with Crippen LogP contribution in [0.15, 0.2) is 24.8 Å². The largest absolute Gasteiger partial charge is 0.299 e. The summed E-state index contributed by atoms with van der Waals surface area (Å²) in [7, 11) is 0. The molecule has 14 heavy (non-hydrogen) atoms. The van der Waals surface area contributed by atoms with Crippen molar-refractivity contribution in [1.29, 1.82) is 0 Å². The van der Waals surface area contributed by atoms with Gasteiger partial charge in [-0.2, -0.15) is 0 Å². The molecule has 1 heteroatoms. The van der Waals surface area contributed by atoms with Gasteiger partial charge in [-0.05, 0) is 31.8 Å². The first kappa shape index (κ1) is 13.2. The van der Waals surface area contributed by atoms with Crippen LogP contribution in [-0.2, 0) is 4.79 Å². The molecular weight excluding hydrogens is 172 g/mol. The zero-order valence-corrected chi connectivity index (χ0v) is 9.08. The molecule has 0 aliphatic rings. The Hall–Kier alpha value is -0.850. The number of hydrogen-bond donors (Lipinski definition) is 0. The first-order valence-electron chi connectivity index (χ1n) is 5.63. The SMILES string of the molecule is C=CCCCCCCCC/C=C/C=O. The highest BCUT2D eigenvalue weighted by Crippen LogP contribution is 2.08. The molecule has 0 N–H and O–H groups in total. The van der Waals surface area contributed by atoms with Crippen LogP contribution in [-0.4, -0.2) is 6.29 Å². The molecule has 0 saturated heterocycles. The van der Waals surface area contributed by atoms with E-state index >= 15 is 0 Å². The predicted octanol–water partition coefficient (Wildman–Crippen LogP) is 4.05. The van der Waals surface area contributed by atoms with Crippen molar-refractivity contribution in [3.8, 4) is 0 Å². The third-order valence-electron chi connectivity index (χ3n) is 2.24. The number of rotatable bonds is 10. The molecule has 0 aromatic heterocycles. The molecule has 0 saturated carbocycles. The average Bonchev–Trinajstić information content (AvgIpc) is 2.21. The van der Waals surface area contributed by atoms with Crippen LogP contribution < -0.4 is 0 Å². The number of carbonyl (C=O) groups excluding carboxylic acids is 1. The van der Waals surface area contributed by atoms with Crippen LogP contribution in [0, 0.1) is 0 Å². The van der Waals surface area contributed by atoms with Crippen molar-refractivity contribution in [2.75, 3.05) is 0 Å². The van der Waals surface area contributed by atoms with Gasteiger partial charge in [0.25, 0.3) is 0 Å². The lowest BCUT2D eigenvalue weighted by Gasteiger charge is -1.98. The lowest BCUT2D eigenvalue weighted by Crippen LogP contribution is -1.79. The number of allylic oxidation sites excluding steroid dienone is 3. The maximum atomic E-state index is 9.95. The van der Waals surface area contributed by atoms with E-state index in [4.69, 9.17) is 0 Å². The Morgan fingerprint density at radius 1 is 0.857 bits per heavy atom. The lowest BCUT2D eigenvalue weighted by molar-refractivity contribution is -0.104. The summed E-state index contributed by atoms with van der Waals surface area (Å²) < 4.78 is 0. The van der Waals surface area contributed by atoms with Crippen molar-refractivity contribution in [2.24, 2.45) is 0 Å². The van der Waals surface area contributed by atoms with Crippen molar-refractivity contribution in [1.82, 2.24) is 0 Å². The van der Waals surface area contributed by atoms with Gasteiger partial charge in [0.2, 0.25) is 0 Å². The molecule has 0 heterocycles. The van der Waals surface area contributed by atoms with E-state index in [1.807, 2.05) is 12.2 Å². The molecule has 0 aromatic carbocycles. The highest BCUT2D eigenvalue weighted by atomic mass is 16.1. The van der Waals surface area contributed by atoms with Gasteiger partial charge in [-0.1, -0.05) is 37.8 Å². The second kappa shape index (κ2) is 12.2. The molecule has 0 aromatic rings. The predicted molar refractivity (Wildman–Crippen MR) is 62.3 cm³/mol. The summed E-state index contributed by atoms with van der Waals surface area (Å²) in [4.78, 5) is 9.95. The van der Waals surface area contributed by atoms with E-state index in [0.717, 1.165) is 19.1 Å². The van der Waals surface area contributed by atoms with E-state index in [2.05, 4.69) is 6.58 Å².